The van der Waals surface area contributed by atoms with Gasteiger partial charge in [0.1, 0.15) is 23.2 Å². The molecule has 0 fully saturated rings. The van der Waals surface area contributed by atoms with Crippen molar-refractivity contribution >= 4 is 31.5 Å². The molecule has 0 saturated carbocycles. The van der Waals surface area contributed by atoms with Crippen LogP contribution in [0.5, 0.6) is 0 Å². The van der Waals surface area contributed by atoms with Crippen LogP contribution in [0, 0.1) is 0 Å². The molecule has 166 valence electrons. The van der Waals surface area contributed by atoms with Gasteiger partial charge in [-0.1, -0.05) is 75.4 Å². The van der Waals surface area contributed by atoms with Gasteiger partial charge in [0, 0.05) is 13.0 Å². The predicted molar refractivity (Wildman–Crippen MR) is 138 cm³/mol. The Hall–Kier alpha value is -1.00. The summed E-state index contributed by atoms with van der Waals surface area (Å²) in [6, 6.07) is 33.4. The van der Waals surface area contributed by atoms with Gasteiger partial charge in [0.2, 0.25) is 0 Å². The lowest BCUT2D eigenvalue weighted by atomic mass is 10.2. The molecule has 0 aromatic heterocycles. The van der Waals surface area contributed by atoms with Gasteiger partial charge in [-0.15, -0.1) is 0 Å². The van der Waals surface area contributed by atoms with Gasteiger partial charge in [0.05, 0.1) is 6.16 Å². The Morgan fingerprint density at radius 3 is 1.35 bits per heavy atom. The summed E-state index contributed by atoms with van der Waals surface area (Å²) in [7, 11) is -3.47. The first kappa shape index (κ1) is 26.3. The molecular formula is C27H36IOPSi. The van der Waals surface area contributed by atoms with Crippen LogP contribution in [0.15, 0.2) is 91.0 Å². The zero-order chi connectivity index (χ0) is 21.7. The summed E-state index contributed by atoms with van der Waals surface area (Å²) in [4.78, 5) is 0. The fraction of sp³-hybridized carbons (Fsp3) is 0.333. The third kappa shape index (κ3) is 6.07. The lowest BCUT2D eigenvalue weighted by molar-refractivity contribution is -0.00000716. The quantitative estimate of drug-likeness (QED) is 0.177. The topological polar surface area (TPSA) is 9.23 Å². The van der Waals surface area contributed by atoms with Crippen LogP contribution in [-0.2, 0) is 4.43 Å². The van der Waals surface area contributed by atoms with Gasteiger partial charge in [-0.3, -0.25) is 0 Å². The van der Waals surface area contributed by atoms with E-state index in [-0.39, 0.29) is 29.0 Å². The lowest BCUT2D eigenvalue weighted by Crippen LogP contribution is -3.00. The maximum absolute atomic E-state index is 6.55. The molecule has 0 spiro atoms. The van der Waals surface area contributed by atoms with Crippen molar-refractivity contribution in [3.63, 3.8) is 0 Å². The second-order valence-electron chi connectivity index (χ2n) is 9.50. The number of hydrogen-bond donors (Lipinski definition) is 0. The van der Waals surface area contributed by atoms with Gasteiger partial charge >= 0.3 is 0 Å². The van der Waals surface area contributed by atoms with Crippen LogP contribution in [0.3, 0.4) is 0 Å². The summed E-state index contributed by atoms with van der Waals surface area (Å²) >= 11 is 0. The predicted octanol–water partition coefficient (Wildman–Crippen LogP) is 3.40. The molecular weight excluding hydrogens is 526 g/mol. The fourth-order valence-electron chi connectivity index (χ4n) is 3.73. The molecule has 0 aliphatic rings. The van der Waals surface area contributed by atoms with Crippen LogP contribution in [-0.4, -0.2) is 21.1 Å². The Labute approximate surface area is 208 Å². The third-order valence-electron chi connectivity index (χ3n) is 6.50. The zero-order valence-electron chi connectivity index (χ0n) is 19.5. The first-order chi connectivity index (χ1) is 14.3. The third-order valence-corrected chi connectivity index (χ3v) is 15.6. The van der Waals surface area contributed by atoms with Crippen molar-refractivity contribution in [1.29, 1.82) is 0 Å². The molecule has 1 nitrogen and oxygen atoms in total. The molecule has 0 radical (unpaired) electrons. The molecule has 0 heterocycles. The Kier molecular flexibility index (Phi) is 9.51. The summed E-state index contributed by atoms with van der Waals surface area (Å²) in [5.41, 5.74) is 0. The zero-order valence-corrected chi connectivity index (χ0v) is 23.6. The van der Waals surface area contributed by atoms with Crippen LogP contribution in [0.4, 0.5) is 0 Å². The highest BCUT2D eigenvalue weighted by Gasteiger charge is 2.45. The van der Waals surface area contributed by atoms with Crippen LogP contribution in [0.1, 0.15) is 27.2 Å². The normalized spacial score (nSPS) is 12.3. The summed E-state index contributed by atoms with van der Waals surface area (Å²) < 4.78 is 6.55. The van der Waals surface area contributed by atoms with Crippen molar-refractivity contribution in [2.45, 2.75) is 45.3 Å². The summed E-state index contributed by atoms with van der Waals surface area (Å²) in [5.74, 6) is 0. The maximum atomic E-state index is 6.55. The number of benzene rings is 3. The van der Waals surface area contributed by atoms with Crippen molar-refractivity contribution in [3.05, 3.63) is 91.0 Å². The molecule has 4 heteroatoms. The monoisotopic (exact) mass is 562 g/mol. The van der Waals surface area contributed by atoms with E-state index in [1.54, 1.807) is 0 Å². The van der Waals surface area contributed by atoms with E-state index < -0.39 is 15.6 Å². The minimum absolute atomic E-state index is 0. The van der Waals surface area contributed by atoms with Gasteiger partial charge in [-0.05, 0) is 54.5 Å². The Morgan fingerprint density at radius 2 is 1.03 bits per heavy atom. The maximum Gasteiger partial charge on any atom is 0.191 e. The molecule has 3 aromatic carbocycles. The molecule has 3 rings (SSSR count). The molecule has 0 N–H and O–H groups in total. The SMILES string of the molecule is CC(C)(C)[Si](C)(C)OCCC[P+](c1ccccc1)(c1ccccc1)c1ccccc1.[I-]. The fourth-order valence-corrected chi connectivity index (χ4v) is 9.13. The molecule has 0 aliphatic heterocycles. The minimum atomic E-state index is -1.74. The molecule has 0 bridgehead atoms. The average Bonchev–Trinajstić information content (AvgIpc) is 2.75. The highest BCUT2D eigenvalue weighted by molar-refractivity contribution is 7.95. The molecule has 0 aliphatic carbocycles. The van der Waals surface area contributed by atoms with E-state index in [1.807, 2.05) is 0 Å². The van der Waals surface area contributed by atoms with Gasteiger partial charge in [0.25, 0.3) is 0 Å². The molecule has 0 unspecified atom stereocenters. The summed E-state index contributed by atoms with van der Waals surface area (Å²) in [6.45, 7) is 12.5. The number of hydrogen-bond acceptors (Lipinski definition) is 1. The van der Waals surface area contributed by atoms with Crippen molar-refractivity contribution in [2.75, 3.05) is 12.8 Å². The second-order valence-corrected chi connectivity index (χ2v) is 17.9. The van der Waals surface area contributed by atoms with E-state index in [1.165, 1.54) is 15.9 Å². The van der Waals surface area contributed by atoms with E-state index in [4.69, 9.17) is 4.43 Å². The van der Waals surface area contributed by atoms with E-state index in [0.29, 0.717) is 0 Å². The van der Waals surface area contributed by atoms with E-state index in [9.17, 15) is 0 Å². The van der Waals surface area contributed by atoms with Gasteiger partial charge in [0.15, 0.2) is 8.32 Å². The molecule has 0 atom stereocenters. The van der Waals surface area contributed by atoms with Crippen LogP contribution in [0.25, 0.3) is 0 Å². The lowest BCUT2D eigenvalue weighted by Gasteiger charge is -2.36. The summed E-state index contributed by atoms with van der Waals surface area (Å²) in [6.07, 6.45) is 2.19. The smallest absolute Gasteiger partial charge is 0.191 e. The highest BCUT2D eigenvalue weighted by atomic mass is 127. The number of halogens is 1. The first-order valence-corrected chi connectivity index (χ1v) is 15.8. The van der Waals surface area contributed by atoms with Crippen molar-refractivity contribution < 1.29 is 28.4 Å². The van der Waals surface area contributed by atoms with Crippen LogP contribution in [0.2, 0.25) is 18.1 Å². The van der Waals surface area contributed by atoms with E-state index in [2.05, 4.69) is 125 Å². The highest BCUT2D eigenvalue weighted by Crippen LogP contribution is 2.55. The van der Waals surface area contributed by atoms with E-state index in [0.717, 1.165) is 19.2 Å². The average molecular weight is 563 g/mol. The molecule has 0 saturated heterocycles. The van der Waals surface area contributed by atoms with Gasteiger partial charge < -0.3 is 28.4 Å². The Bertz CT molecular complexity index is 812. The minimum Gasteiger partial charge on any atom is -1.00 e. The van der Waals surface area contributed by atoms with Crippen LogP contribution < -0.4 is 39.9 Å². The van der Waals surface area contributed by atoms with Crippen molar-refractivity contribution in [2.24, 2.45) is 0 Å². The van der Waals surface area contributed by atoms with E-state index >= 15 is 0 Å². The number of rotatable bonds is 8. The Morgan fingerprint density at radius 1 is 0.677 bits per heavy atom. The van der Waals surface area contributed by atoms with Crippen LogP contribution >= 0.6 is 7.26 Å². The van der Waals surface area contributed by atoms with Crippen molar-refractivity contribution in [3.8, 4) is 0 Å². The first-order valence-electron chi connectivity index (χ1n) is 11.0. The van der Waals surface area contributed by atoms with Gasteiger partial charge in [-0.2, -0.15) is 0 Å². The Balaban J connectivity index is 0.00000341. The molecule has 31 heavy (non-hydrogen) atoms. The second kappa shape index (κ2) is 11.2. The van der Waals surface area contributed by atoms with Gasteiger partial charge in [-0.25, -0.2) is 0 Å². The summed E-state index contributed by atoms with van der Waals surface area (Å²) in [5, 5.41) is 4.61. The van der Waals surface area contributed by atoms with Crippen molar-refractivity contribution in [1.82, 2.24) is 0 Å². The molecule has 0 amide bonds. The standard InChI is InChI=1S/C27H36OPSi.HI/c1-27(2,3)30(4,5)28-22-15-23-29(24-16-9-6-10-17-24,25-18-11-7-12-19-25)26-20-13-8-14-21-26;/h6-14,16-21H,15,22-23H2,1-5H3;1H/q+1;/p-1. The molecule has 3 aromatic rings. The largest absolute Gasteiger partial charge is 1.00 e.